The maximum atomic E-state index is 12.3. The summed E-state index contributed by atoms with van der Waals surface area (Å²) in [5.41, 5.74) is -0.814. The van der Waals surface area contributed by atoms with Crippen molar-refractivity contribution in [2.45, 2.75) is 28.3 Å². The topological polar surface area (TPSA) is 49.4 Å². The van der Waals surface area contributed by atoms with Crippen LogP contribution in [0.5, 0.6) is 11.5 Å². The summed E-state index contributed by atoms with van der Waals surface area (Å²) in [5.74, 6) is -0.0654. The summed E-state index contributed by atoms with van der Waals surface area (Å²) in [6.45, 7) is 3.80. The van der Waals surface area contributed by atoms with Crippen molar-refractivity contribution in [3.8, 4) is 11.5 Å². The van der Waals surface area contributed by atoms with Gasteiger partial charge in [0.25, 0.3) is 0 Å². The van der Waals surface area contributed by atoms with Crippen molar-refractivity contribution in [2.75, 3.05) is 0 Å². The first-order chi connectivity index (χ1) is 13.0. The lowest BCUT2D eigenvalue weighted by molar-refractivity contribution is -0.315. The van der Waals surface area contributed by atoms with Gasteiger partial charge in [-0.15, -0.1) is 0 Å². The highest BCUT2D eigenvalue weighted by atomic mass is 79.9. The second-order valence-corrected chi connectivity index (χ2v) is 12.2. The zero-order valence-corrected chi connectivity index (χ0v) is 20.0. The SMILES string of the molecule is CC1(C)C([C@H](Br)C(Cl)(Cl)Br)[C@@]1(Cc1cccc(Oc2ccccc2)c1)C(=O)[O-]. The summed E-state index contributed by atoms with van der Waals surface area (Å²) in [7, 11) is 0. The van der Waals surface area contributed by atoms with E-state index < -0.39 is 24.9 Å². The molecule has 2 aromatic carbocycles. The molecule has 1 aliphatic carbocycles. The zero-order valence-electron chi connectivity index (χ0n) is 15.3. The van der Waals surface area contributed by atoms with Crippen LogP contribution in [0.1, 0.15) is 19.4 Å². The number of carbonyl (C=O) groups excluding carboxylic acids is 1. The Morgan fingerprint density at radius 3 is 2.36 bits per heavy atom. The van der Waals surface area contributed by atoms with Crippen LogP contribution in [0.3, 0.4) is 0 Å². The van der Waals surface area contributed by atoms with Crippen LogP contribution in [0.25, 0.3) is 0 Å². The van der Waals surface area contributed by atoms with Crippen molar-refractivity contribution in [1.82, 2.24) is 0 Å². The monoisotopic (exact) mass is 547 g/mol. The fraction of sp³-hybridized carbons (Fsp3) is 0.381. The van der Waals surface area contributed by atoms with Crippen LogP contribution in [-0.2, 0) is 11.2 Å². The van der Waals surface area contributed by atoms with Gasteiger partial charge in [0.2, 0.25) is 0 Å². The van der Waals surface area contributed by atoms with E-state index in [0.717, 1.165) is 5.56 Å². The Morgan fingerprint density at radius 2 is 1.79 bits per heavy atom. The number of ether oxygens (including phenoxy) is 1. The fourth-order valence-corrected chi connectivity index (χ4v) is 5.79. The molecule has 0 radical (unpaired) electrons. The Morgan fingerprint density at radius 1 is 1.18 bits per heavy atom. The predicted octanol–water partition coefficient (Wildman–Crippen LogP) is 5.70. The van der Waals surface area contributed by atoms with Gasteiger partial charge in [-0.25, -0.2) is 0 Å². The lowest BCUT2D eigenvalue weighted by Gasteiger charge is -2.25. The molecule has 2 aromatic rings. The van der Waals surface area contributed by atoms with E-state index in [0.29, 0.717) is 11.5 Å². The number of halogens is 4. The van der Waals surface area contributed by atoms with Gasteiger partial charge in [-0.1, -0.05) is 83.3 Å². The number of alkyl halides is 4. The molecule has 1 fully saturated rings. The molecule has 1 unspecified atom stereocenters. The van der Waals surface area contributed by atoms with Crippen LogP contribution in [0.4, 0.5) is 0 Å². The van der Waals surface area contributed by atoms with Gasteiger partial charge in [-0.3, -0.25) is 0 Å². The first-order valence-corrected chi connectivity index (χ1v) is 11.2. The number of carboxylic acid groups (broad SMARTS) is 1. The molecule has 3 atom stereocenters. The maximum Gasteiger partial charge on any atom is 0.184 e. The number of benzene rings is 2. The number of hydrogen-bond acceptors (Lipinski definition) is 3. The molecule has 1 aliphatic rings. The largest absolute Gasteiger partial charge is 0.550 e. The fourth-order valence-electron chi connectivity index (χ4n) is 4.17. The number of carbonyl (C=O) groups is 1. The highest BCUT2D eigenvalue weighted by Gasteiger charge is 2.75. The minimum absolute atomic E-state index is 0.290. The molecule has 0 N–H and O–H groups in total. The molecule has 0 amide bonds. The van der Waals surface area contributed by atoms with Crippen molar-refractivity contribution in [1.29, 1.82) is 0 Å². The van der Waals surface area contributed by atoms with Gasteiger partial charge in [0, 0.05) is 11.4 Å². The van der Waals surface area contributed by atoms with Gasteiger partial charge in [0.15, 0.2) is 3.24 Å². The highest BCUT2D eigenvalue weighted by molar-refractivity contribution is 9.13. The van der Waals surface area contributed by atoms with E-state index in [1.165, 1.54) is 0 Å². The molecule has 1 saturated carbocycles. The van der Waals surface area contributed by atoms with Crippen molar-refractivity contribution in [3.05, 3.63) is 60.2 Å². The number of carboxylic acids is 1. The van der Waals surface area contributed by atoms with Crippen LogP contribution < -0.4 is 9.84 Å². The number of hydrogen-bond donors (Lipinski definition) is 0. The van der Waals surface area contributed by atoms with E-state index in [-0.39, 0.29) is 12.3 Å². The average molecular weight is 550 g/mol. The minimum Gasteiger partial charge on any atom is -0.550 e. The Balaban J connectivity index is 1.88. The second kappa shape index (κ2) is 7.82. The van der Waals surface area contributed by atoms with Crippen LogP contribution in [0.2, 0.25) is 0 Å². The molecule has 150 valence electrons. The van der Waals surface area contributed by atoms with Crippen molar-refractivity contribution in [2.24, 2.45) is 16.7 Å². The molecule has 7 heteroatoms. The van der Waals surface area contributed by atoms with E-state index in [4.69, 9.17) is 27.9 Å². The Hall–Kier alpha value is -0.750. The molecule has 3 rings (SSSR count). The highest BCUT2D eigenvalue weighted by Crippen LogP contribution is 2.74. The summed E-state index contributed by atoms with van der Waals surface area (Å²) >= 11 is 19.1. The first-order valence-electron chi connectivity index (χ1n) is 8.74. The molecular weight excluding hydrogens is 531 g/mol. The summed E-state index contributed by atoms with van der Waals surface area (Å²) in [4.78, 5) is 11.8. The van der Waals surface area contributed by atoms with Crippen molar-refractivity contribution in [3.63, 3.8) is 0 Å². The average Bonchev–Trinajstić information content (AvgIpc) is 3.10. The van der Waals surface area contributed by atoms with Crippen molar-refractivity contribution >= 4 is 61.0 Å². The number of rotatable bonds is 7. The minimum atomic E-state index is -1.29. The van der Waals surface area contributed by atoms with Crippen LogP contribution in [0.15, 0.2) is 54.6 Å². The Kier molecular flexibility index (Phi) is 6.13. The quantitative estimate of drug-likeness (QED) is 0.416. The summed E-state index contributed by atoms with van der Waals surface area (Å²) in [6, 6.07) is 16.9. The third-order valence-corrected chi connectivity index (χ3v) is 9.03. The van der Waals surface area contributed by atoms with Crippen LogP contribution >= 0.6 is 55.1 Å². The zero-order chi connectivity index (χ0) is 20.7. The van der Waals surface area contributed by atoms with Gasteiger partial charge >= 0.3 is 0 Å². The van der Waals surface area contributed by atoms with Crippen molar-refractivity contribution < 1.29 is 14.6 Å². The molecule has 0 heterocycles. The van der Waals surface area contributed by atoms with Gasteiger partial charge in [-0.2, -0.15) is 0 Å². The lowest BCUT2D eigenvalue weighted by atomic mass is 9.88. The van der Waals surface area contributed by atoms with Gasteiger partial charge in [-0.05, 0) is 63.5 Å². The second-order valence-electron chi connectivity index (χ2n) is 7.64. The lowest BCUT2D eigenvalue weighted by Crippen LogP contribution is -2.39. The van der Waals surface area contributed by atoms with E-state index >= 15 is 0 Å². The predicted molar refractivity (Wildman–Crippen MR) is 117 cm³/mol. The molecule has 0 aliphatic heterocycles. The molecule has 3 nitrogen and oxygen atoms in total. The van der Waals surface area contributed by atoms with Crippen LogP contribution in [-0.4, -0.2) is 14.0 Å². The van der Waals surface area contributed by atoms with Gasteiger partial charge in [0.1, 0.15) is 11.5 Å². The number of aliphatic carboxylic acids is 1. The molecule has 0 spiro atoms. The maximum absolute atomic E-state index is 12.3. The van der Waals surface area contributed by atoms with E-state index in [1.54, 1.807) is 0 Å². The van der Waals surface area contributed by atoms with Crippen LogP contribution in [0, 0.1) is 16.7 Å². The normalized spacial score (nSPS) is 24.4. The summed E-state index contributed by atoms with van der Waals surface area (Å²) in [6.07, 6.45) is 0.290. The Labute approximate surface area is 191 Å². The van der Waals surface area contributed by atoms with Gasteiger partial charge in [0.05, 0.1) is 4.83 Å². The molecule has 0 bridgehead atoms. The molecular formula is C21H19Br2Cl2O3-. The summed E-state index contributed by atoms with van der Waals surface area (Å²) < 4.78 is 4.59. The standard InChI is InChI=1S/C21H20Br2Cl2O3/c1-19(2)16(17(22)21(23,24)25)20(19,18(26)27)12-13-7-6-10-15(11-13)28-14-8-4-3-5-9-14/h3-11,16-17H,12H2,1-2H3,(H,26,27)/p-1/t16?,17-,20-/m0/s1. The Bertz CT molecular complexity index is 867. The van der Waals surface area contributed by atoms with E-state index in [9.17, 15) is 9.90 Å². The number of para-hydroxylation sites is 1. The smallest absolute Gasteiger partial charge is 0.184 e. The van der Waals surface area contributed by atoms with E-state index in [2.05, 4.69) is 31.9 Å². The third-order valence-electron chi connectivity index (χ3n) is 5.70. The van der Waals surface area contributed by atoms with E-state index in [1.807, 2.05) is 68.4 Å². The third kappa shape index (κ3) is 3.96. The van der Waals surface area contributed by atoms with Gasteiger partial charge < -0.3 is 14.6 Å². The molecule has 0 aromatic heterocycles. The first kappa shape index (κ1) is 21.9. The summed E-state index contributed by atoms with van der Waals surface area (Å²) in [5, 5.41) is 12.3. The molecule has 0 saturated heterocycles. The molecule has 28 heavy (non-hydrogen) atoms.